The van der Waals surface area contributed by atoms with Crippen LogP contribution in [-0.4, -0.2) is 11.9 Å². The largest absolute Gasteiger partial charge is 0.308 e. The minimum absolute atomic E-state index is 0.288. The molecule has 1 saturated carbocycles. The molecule has 0 amide bonds. The third kappa shape index (κ3) is 4.28. The summed E-state index contributed by atoms with van der Waals surface area (Å²) in [5.41, 5.74) is 3.28. The Bertz CT molecular complexity index is 434. The summed E-state index contributed by atoms with van der Waals surface area (Å²) in [6, 6.07) is 4.97. The van der Waals surface area contributed by atoms with Gasteiger partial charge in [-0.2, -0.15) is 0 Å². The van der Waals surface area contributed by atoms with Crippen LogP contribution >= 0.6 is 15.9 Å². The van der Waals surface area contributed by atoms with Gasteiger partial charge in [-0.3, -0.25) is 4.99 Å². The summed E-state index contributed by atoms with van der Waals surface area (Å²) < 4.78 is 14.1. The van der Waals surface area contributed by atoms with Crippen molar-refractivity contribution in [1.29, 1.82) is 0 Å². The van der Waals surface area contributed by atoms with Crippen molar-refractivity contribution < 1.29 is 4.39 Å². The van der Waals surface area contributed by atoms with E-state index < -0.39 is 0 Å². The first kappa shape index (κ1) is 14.5. The minimum atomic E-state index is -0.298. The maximum atomic E-state index is 13.4. The zero-order valence-corrected chi connectivity index (χ0v) is 12.4. The second kappa shape index (κ2) is 7.01. The first-order valence-electron chi connectivity index (χ1n) is 6.70. The number of hydrazine groups is 1. The van der Waals surface area contributed by atoms with Crippen molar-refractivity contribution in [3.8, 4) is 0 Å². The second-order valence-corrected chi connectivity index (χ2v) is 5.84. The Balaban J connectivity index is 2.22. The second-order valence-electron chi connectivity index (χ2n) is 4.93. The van der Waals surface area contributed by atoms with Crippen molar-refractivity contribution in [2.45, 2.75) is 44.6 Å². The third-order valence-corrected chi connectivity index (χ3v) is 3.87. The van der Waals surface area contributed by atoms with Crippen molar-refractivity contribution in [1.82, 2.24) is 5.43 Å². The normalized spacial score (nSPS) is 18.2. The molecule has 2 rings (SSSR count). The molecule has 1 aliphatic carbocycles. The summed E-state index contributed by atoms with van der Waals surface area (Å²) in [6.45, 7) is 0. The third-order valence-electron chi connectivity index (χ3n) is 3.41. The van der Waals surface area contributed by atoms with Crippen LogP contribution in [0.3, 0.4) is 0 Å². The number of benzene rings is 1. The fraction of sp³-hybridized carbons (Fsp3) is 0.500. The van der Waals surface area contributed by atoms with E-state index in [4.69, 9.17) is 5.84 Å². The number of hydrogen-bond donors (Lipinski definition) is 2. The topological polar surface area (TPSA) is 50.4 Å². The Labute approximate surface area is 121 Å². The van der Waals surface area contributed by atoms with E-state index in [2.05, 4.69) is 26.3 Å². The number of rotatable bonds is 2. The van der Waals surface area contributed by atoms with E-state index >= 15 is 0 Å². The molecule has 19 heavy (non-hydrogen) atoms. The van der Waals surface area contributed by atoms with Crippen molar-refractivity contribution >= 4 is 21.8 Å². The monoisotopic (exact) mass is 327 g/mol. The van der Waals surface area contributed by atoms with Gasteiger partial charge < -0.3 is 5.43 Å². The molecule has 0 radical (unpaired) electrons. The number of hydrogen-bond acceptors (Lipinski definition) is 2. The maximum Gasteiger partial charge on any atom is 0.142 e. The summed E-state index contributed by atoms with van der Waals surface area (Å²) in [6.07, 6.45) is 7.15. The Hall–Kier alpha value is -0.940. The van der Waals surface area contributed by atoms with Gasteiger partial charge in [0.25, 0.3) is 0 Å². The van der Waals surface area contributed by atoms with Crippen LogP contribution in [0.5, 0.6) is 0 Å². The number of aliphatic imine (C=N–C) groups is 1. The lowest BCUT2D eigenvalue weighted by atomic mass is 10.1. The molecule has 0 saturated heterocycles. The van der Waals surface area contributed by atoms with E-state index in [0.29, 0.717) is 15.9 Å². The van der Waals surface area contributed by atoms with Crippen LogP contribution in [-0.2, 0) is 0 Å². The van der Waals surface area contributed by atoms with Gasteiger partial charge in [0.15, 0.2) is 0 Å². The van der Waals surface area contributed by atoms with Crippen molar-refractivity contribution in [3.05, 3.63) is 34.1 Å². The molecule has 0 unspecified atom stereocenters. The highest BCUT2D eigenvalue weighted by Gasteiger charge is 2.13. The van der Waals surface area contributed by atoms with E-state index in [0.717, 1.165) is 12.8 Å². The van der Waals surface area contributed by atoms with Gasteiger partial charge in [0, 0.05) is 10.0 Å². The van der Waals surface area contributed by atoms with E-state index in [-0.39, 0.29) is 11.9 Å². The molecule has 0 heterocycles. The average Bonchev–Trinajstić information content (AvgIpc) is 2.63. The van der Waals surface area contributed by atoms with E-state index in [1.54, 1.807) is 0 Å². The highest BCUT2D eigenvalue weighted by molar-refractivity contribution is 9.10. The molecule has 0 bridgehead atoms. The van der Waals surface area contributed by atoms with Crippen LogP contribution in [0.1, 0.15) is 44.1 Å². The SMILES string of the molecule is NNC(=NC1CCCCCC1)c1cc(F)cc(Br)c1. The maximum absolute atomic E-state index is 13.4. The highest BCUT2D eigenvalue weighted by atomic mass is 79.9. The quantitative estimate of drug-likeness (QED) is 0.287. The van der Waals surface area contributed by atoms with Crippen molar-refractivity contribution in [2.24, 2.45) is 10.8 Å². The summed E-state index contributed by atoms with van der Waals surface area (Å²) in [5.74, 6) is 5.81. The summed E-state index contributed by atoms with van der Waals surface area (Å²) >= 11 is 3.28. The Morgan fingerprint density at radius 3 is 2.47 bits per heavy atom. The van der Waals surface area contributed by atoms with E-state index in [9.17, 15) is 4.39 Å². The molecule has 1 aromatic rings. The first-order chi connectivity index (χ1) is 9.19. The van der Waals surface area contributed by atoms with Gasteiger partial charge in [0.05, 0.1) is 6.04 Å². The van der Waals surface area contributed by atoms with Crippen LogP contribution in [0.15, 0.2) is 27.7 Å². The summed E-state index contributed by atoms with van der Waals surface area (Å²) in [4.78, 5) is 4.66. The lowest BCUT2D eigenvalue weighted by molar-refractivity contribution is 0.583. The Morgan fingerprint density at radius 1 is 1.21 bits per heavy atom. The molecule has 1 aromatic carbocycles. The highest BCUT2D eigenvalue weighted by Crippen LogP contribution is 2.21. The zero-order chi connectivity index (χ0) is 13.7. The molecule has 0 spiro atoms. The summed E-state index contributed by atoms with van der Waals surface area (Å²) in [5, 5.41) is 0. The molecule has 3 nitrogen and oxygen atoms in total. The predicted octanol–water partition coefficient (Wildman–Crippen LogP) is 3.52. The van der Waals surface area contributed by atoms with Gasteiger partial charge in [-0.25, -0.2) is 10.2 Å². The van der Waals surface area contributed by atoms with Crippen LogP contribution in [0.25, 0.3) is 0 Å². The molecule has 5 heteroatoms. The number of nitrogens with two attached hydrogens (primary N) is 1. The summed E-state index contributed by atoms with van der Waals surface area (Å²) in [7, 11) is 0. The van der Waals surface area contributed by atoms with Gasteiger partial charge in [0.2, 0.25) is 0 Å². The molecule has 0 atom stereocenters. The number of halogens is 2. The van der Waals surface area contributed by atoms with Gasteiger partial charge >= 0.3 is 0 Å². The molecule has 3 N–H and O–H groups in total. The number of amidine groups is 1. The zero-order valence-electron chi connectivity index (χ0n) is 10.8. The van der Waals surface area contributed by atoms with Crippen LogP contribution in [0.2, 0.25) is 0 Å². The van der Waals surface area contributed by atoms with Crippen LogP contribution < -0.4 is 11.3 Å². The van der Waals surface area contributed by atoms with Crippen molar-refractivity contribution in [2.75, 3.05) is 0 Å². The van der Waals surface area contributed by atoms with Crippen LogP contribution in [0, 0.1) is 5.82 Å². The fourth-order valence-electron chi connectivity index (χ4n) is 2.46. The minimum Gasteiger partial charge on any atom is -0.308 e. The van der Waals surface area contributed by atoms with E-state index in [1.165, 1.54) is 37.8 Å². The molecule has 1 aliphatic rings. The predicted molar refractivity (Wildman–Crippen MR) is 79.5 cm³/mol. The molecular formula is C14H19BrFN3. The van der Waals surface area contributed by atoms with E-state index in [1.807, 2.05) is 6.07 Å². The molecule has 104 valence electrons. The van der Waals surface area contributed by atoms with Gasteiger partial charge in [-0.15, -0.1) is 0 Å². The average molecular weight is 328 g/mol. The number of nitrogens with zero attached hydrogens (tertiary/aromatic N) is 1. The smallest absolute Gasteiger partial charge is 0.142 e. The molecule has 1 fully saturated rings. The standard InChI is InChI=1S/C14H19BrFN3/c15-11-7-10(8-12(16)9-11)14(19-17)18-13-5-3-1-2-4-6-13/h7-9,13H,1-6,17H2,(H,18,19). The fourth-order valence-corrected chi connectivity index (χ4v) is 2.92. The lowest BCUT2D eigenvalue weighted by Crippen LogP contribution is -2.32. The van der Waals surface area contributed by atoms with Crippen molar-refractivity contribution in [3.63, 3.8) is 0 Å². The first-order valence-corrected chi connectivity index (χ1v) is 7.49. The van der Waals surface area contributed by atoms with Gasteiger partial charge in [0.1, 0.15) is 11.7 Å². The number of nitrogens with one attached hydrogen (secondary N) is 1. The Morgan fingerprint density at radius 2 is 1.89 bits per heavy atom. The van der Waals surface area contributed by atoms with Gasteiger partial charge in [-0.1, -0.05) is 41.6 Å². The molecular weight excluding hydrogens is 309 g/mol. The van der Waals surface area contributed by atoms with Crippen LogP contribution in [0.4, 0.5) is 4.39 Å². The Kier molecular flexibility index (Phi) is 5.34. The molecule has 0 aromatic heterocycles. The molecule has 0 aliphatic heterocycles. The lowest BCUT2D eigenvalue weighted by Gasteiger charge is -2.13. The van der Waals surface area contributed by atoms with Gasteiger partial charge in [-0.05, 0) is 31.0 Å².